The highest BCUT2D eigenvalue weighted by atomic mass is 16.6. The van der Waals surface area contributed by atoms with Crippen molar-refractivity contribution in [2.24, 2.45) is 0 Å². The van der Waals surface area contributed by atoms with Gasteiger partial charge in [0.15, 0.2) is 0 Å². The summed E-state index contributed by atoms with van der Waals surface area (Å²) in [7, 11) is 0. The number of hydrogen-bond acceptors (Lipinski definition) is 4. The van der Waals surface area contributed by atoms with E-state index in [2.05, 4.69) is 5.32 Å². The minimum atomic E-state index is -0.628. The van der Waals surface area contributed by atoms with E-state index in [1.165, 1.54) is 6.07 Å². The molecule has 1 aliphatic carbocycles. The SMILES string of the molecule is Cc1c(NCC2(O)CCC2)cccc1[N+](=O)[O-]. The Morgan fingerprint density at radius 3 is 2.76 bits per heavy atom. The molecule has 0 radical (unpaired) electrons. The topological polar surface area (TPSA) is 75.4 Å². The molecule has 2 N–H and O–H groups in total. The molecule has 1 saturated carbocycles. The standard InChI is InChI=1S/C12H16N2O3/c1-9-10(4-2-5-11(9)14(16)17)13-8-12(15)6-3-7-12/h2,4-5,13,15H,3,6-8H2,1H3. The number of nitrogens with zero attached hydrogens (tertiary/aromatic N) is 1. The molecule has 5 nitrogen and oxygen atoms in total. The van der Waals surface area contributed by atoms with Crippen LogP contribution in [0.1, 0.15) is 24.8 Å². The number of aliphatic hydroxyl groups is 1. The second kappa shape index (κ2) is 4.33. The Morgan fingerprint density at radius 1 is 1.53 bits per heavy atom. The van der Waals surface area contributed by atoms with E-state index >= 15 is 0 Å². The minimum absolute atomic E-state index is 0.107. The third-order valence-corrected chi connectivity index (χ3v) is 3.39. The van der Waals surface area contributed by atoms with Gasteiger partial charge >= 0.3 is 0 Å². The number of hydrogen-bond donors (Lipinski definition) is 2. The summed E-state index contributed by atoms with van der Waals surface area (Å²) >= 11 is 0. The van der Waals surface area contributed by atoms with Gasteiger partial charge in [-0.2, -0.15) is 0 Å². The number of rotatable bonds is 4. The predicted octanol–water partition coefficient (Wildman–Crippen LogP) is 2.23. The van der Waals surface area contributed by atoms with E-state index in [9.17, 15) is 15.2 Å². The van der Waals surface area contributed by atoms with Crippen molar-refractivity contribution in [2.45, 2.75) is 31.8 Å². The first-order chi connectivity index (χ1) is 8.02. The van der Waals surface area contributed by atoms with Crippen LogP contribution in [0.25, 0.3) is 0 Å². The van der Waals surface area contributed by atoms with Crippen molar-refractivity contribution in [2.75, 3.05) is 11.9 Å². The average molecular weight is 236 g/mol. The second-order valence-corrected chi connectivity index (χ2v) is 4.64. The lowest BCUT2D eigenvalue weighted by Gasteiger charge is -2.37. The molecule has 5 heteroatoms. The normalized spacial score (nSPS) is 17.3. The summed E-state index contributed by atoms with van der Waals surface area (Å²) in [6.45, 7) is 2.17. The Balaban J connectivity index is 2.10. The van der Waals surface area contributed by atoms with Crippen LogP contribution >= 0.6 is 0 Å². The molecule has 2 rings (SSSR count). The Labute approximate surface area is 99.6 Å². The molecule has 1 aromatic carbocycles. The molecule has 0 aromatic heterocycles. The Morgan fingerprint density at radius 2 is 2.24 bits per heavy atom. The fourth-order valence-electron chi connectivity index (χ4n) is 2.03. The lowest BCUT2D eigenvalue weighted by atomic mass is 9.80. The first-order valence-electron chi connectivity index (χ1n) is 5.72. The number of nitro groups is 1. The van der Waals surface area contributed by atoms with E-state index in [0.29, 0.717) is 12.1 Å². The van der Waals surface area contributed by atoms with Crippen LogP contribution in [-0.2, 0) is 0 Å². The molecule has 0 spiro atoms. The average Bonchev–Trinajstić information content (AvgIpc) is 2.25. The molecule has 17 heavy (non-hydrogen) atoms. The van der Waals surface area contributed by atoms with Crippen LogP contribution in [0.5, 0.6) is 0 Å². The highest BCUT2D eigenvalue weighted by molar-refractivity contribution is 5.59. The molecule has 92 valence electrons. The van der Waals surface area contributed by atoms with Crippen LogP contribution in [-0.4, -0.2) is 22.2 Å². The van der Waals surface area contributed by atoms with Gasteiger partial charge in [-0.05, 0) is 32.3 Å². The monoisotopic (exact) mass is 236 g/mol. The van der Waals surface area contributed by atoms with Crippen LogP contribution in [0, 0.1) is 17.0 Å². The summed E-state index contributed by atoms with van der Waals surface area (Å²) < 4.78 is 0. The molecular formula is C12H16N2O3. The number of nitro benzene ring substituents is 1. The zero-order chi connectivity index (χ0) is 12.5. The van der Waals surface area contributed by atoms with Crippen molar-refractivity contribution in [3.05, 3.63) is 33.9 Å². The lowest BCUT2D eigenvalue weighted by Crippen LogP contribution is -2.43. The van der Waals surface area contributed by atoms with Crippen molar-refractivity contribution < 1.29 is 10.0 Å². The van der Waals surface area contributed by atoms with Crippen molar-refractivity contribution in [1.29, 1.82) is 0 Å². The van der Waals surface area contributed by atoms with Crippen LogP contribution in [0.4, 0.5) is 11.4 Å². The quantitative estimate of drug-likeness (QED) is 0.621. The van der Waals surface area contributed by atoms with Crippen LogP contribution in [0.3, 0.4) is 0 Å². The van der Waals surface area contributed by atoms with E-state index < -0.39 is 10.5 Å². The molecule has 1 aliphatic rings. The van der Waals surface area contributed by atoms with Gasteiger partial charge in [0.05, 0.1) is 10.5 Å². The van der Waals surface area contributed by atoms with Gasteiger partial charge < -0.3 is 10.4 Å². The molecule has 0 atom stereocenters. The third kappa shape index (κ3) is 2.39. The smallest absolute Gasteiger partial charge is 0.274 e. The van der Waals surface area contributed by atoms with Gasteiger partial charge in [0, 0.05) is 23.9 Å². The van der Waals surface area contributed by atoms with Gasteiger partial charge in [-0.1, -0.05) is 6.07 Å². The Kier molecular flexibility index (Phi) is 3.02. The molecule has 1 aromatic rings. The van der Waals surface area contributed by atoms with Gasteiger partial charge in [-0.25, -0.2) is 0 Å². The zero-order valence-electron chi connectivity index (χ0n) is 9.77. The van der Waals surface area contributed by atoms with Gasteiger partial charge in [-0.3, -0.25) is 10.1 Å². The van der Waals surface area contributed by atoms with Gasteiger partial charge in [0.25, 0.3) is 5.69 Å². The minimum Gasteiger partial charge on any atom is -0.388 e. The van der Waals surface area contributed by atoms with Gasteiger partial charge in [0.2, 0.25) is 0 Å². The fraction of sp³-hybridized carbons (Fsp3) is 0.500. The van der Waals surface area contributed by atoms with E-state index in [1.54, 1.807) is 19.1 Å². The molecule has 1 fully saturated rings. The summed E-state index contributed by atoms with van der Waals surface area (Å²) in [6.07, 6.45) is 2.65. The number of anilines is 1. The van der Waals surface area contributed by atoms with Crippen molar-refractivity contribution in [3.8, 4) is 0 Å². The van der Waals surface area contributed by atoms with Crippen LogP contribution < -0.4 is 5.32 Å². The number of benzene rings is 1. The van der Waals surface area contributed by atoms with Crippen LogP contribution in [0.15, 0.2) is 18.2 Å². The molecular weight excluding hydrogens is 220 g/mol. The molecule has 0 aliphatic heterocycles. The van der Waals surface area contributed by atoms with Crippen molar-refractivity contribution >= 4 is 11.4 Å². The maximum absolute atomic E-state index is 10.8. The lowest BCUT2D eigenvalue weighted by molar-refractivity contribution is -0.385. The Bertz CT molecular complexity index is 441. The van der Waals surface area contributed by atoms with Gasteiger partial charge in [0.1, 0.15) is 0 Å². The summed E-state index contributed by atoms with van der Waals surface area (Å²) in [5, 5.41) is 23.8. The molecule has 0 heterocycles. The first-order valence-corrected chi connectivity index (χ1v) is 5.72. The Hall–Kier alpha value is -1.62. The van der Waals surface area contributed by atoms with Crippen LogP contribution in [0.2, 0.25) is 0 Å². The molecule has 0 unspecified atom stereocenters. The predicted molar refractivity (Wildman–Crippen MR) is 65.1 cm³/mol. The molecule has 0 amide bonds. The van der Waals surface area contributed by atoms with E-state index in [0.717, 1.165) is 24.9 Å². The maximum atomic E-state index is 10.8. The van der Waals surface area contributed by atoms with Crippen molar-refractivity contribution in [1.82, 2.24) is 0 Å². The highest BCUT2D eigenvalue weighted by Crippen LogP contribution is 2.32. The largest absolute Gasteiger partial charge is 0.388 e. The molecule has 0 saturated heterocycles. The summed E-state index contributed by atoms with van der Waals surface area (Å²) in [5.41, 5.74) is 0.812. The fourth-order valence-corrected chi connectivity index (χ4v) is 2.03. The number of nitrogens with one attached hydrogen (secondary N) is 1. The first kappa shape index (κ1) is 11.9. The second-order valence-electron chi connectivity index (χ2n) is 4.64. The maximum Gasteiger partial charge on any atom is 0.274 e. The van der Waals surface area contributed by atoms with E-state index in [-0.39, 0.29) is 5.69 Å². The summed E-state index contributed by atoms with van der Waals surface area (Å²) in [5.74, 6) is 0. The van der Waals surface area contributed by atoms with E-state index in [4.69, 9.17) is 0 Å². The highest BCUT2D eigenvalue weighted by Gasteiger charge is 2.34. The third-order valence-electron chi connectivity index (χ3n) is 3.39. The molecule has 0 bridgehead atoms. The zero-order valence-corrected chi connectivity index (χ0v) is 9.77. The van der Waals surface area contributed by atoms with Crippen molar-refractivity contribution in [3.63, 3.8) is 0 Å². The summed E-state index contributed by atoms with van der Waals surface area (Å²) in [4.78, 5) is 10.4. The summed E-state index contributed by atoms with van der Waals surface area (Å²) in [6, 6.07) is 4.93. The van der Waals surface area contributed by atoms with E-state index in [1.807, 2.05) is 0 Å². The van der Waals surface area contributed by atoms with Gasteiger partial charge in [-0.15, -0.1) is 0 Å².